The molecule has 0 amide bonds. The summed E-state index contributed by atoms with van der Waals surface area (Å²) in [7, 11) is 0. The predicted octanol–water partition coefficient (Wildman–Crippen LogP) is -1.33. The molecule has 5 nitrogen and oxygen atoms in total. The topological polar surface area (TPSA) is 76.0 Å². The van der Waals surface area contributed by atoms with Gasteiger partial charge in [-0.2, -0.15) is 0 Å². The molecule has 1 saturated heterocycles. The van der Waals surface area contributed by atoms with Crippen molar-refractivity contribution >= 4 is 5.97 Å². The van der Waals surface area contributed by atoms with Gasteiger partial charge in [0.1, 0.15) is 12.2 Å². The Kier molecular flexibility index (Phi) is 3.02. The lowest BCUT2D eigenvalue weighted by Crippen LogP contribution is -2.36. The Hall–Kier alpha value is -0.650. The molecule has 1 aliphatic heterocycles. The van der Waals surface area contributed by atoms with Crippen LogP contribution in [0.1, 0.15) is 6.92 Å². The van der Waals surface area contributed by atoms with Crippen LogP contribution in [0.4, 0.5) is 0 Å². The maximum atomic E-state index is 10.5. The van der Waals surface area contributed by atoms with Crippen LogP contribution >= 0.6 is 0 Å². The smallest absolute Gasteiger partial charge is 0.303 e. The third-order valence-electron chi connectivity index (χ3n) is 1.71. The first-order valence-corrected chi connectivity index (χ1v) is 3.73. The van der Waals surface area contributed by atoms with E-state index >= 15 is 0 Å². The van der Waals surface area contributed by atoms with Crippen LogP contribution in [0, 0.1) is 0 Å². The van der Waals surface area contributed by atoms with Gasteiger partial charge < -0.3 is 19.7 Å². The number of aliphatic hydroxyl groups is 2. The molecule has 70 valence electrons. The van der Waals surface area contributed by atoms with Crippen molar-refractivity contribution in [2.75, 3.05) is 13.2 Å². The lowest BCUT2D eigenvalue weighted by atomic mass is 10.1. The summed E-state index contributed by atoms with van der Waals surface area (Å²) >= 11 is 0. The van der Waals surface area contributed by atoms with Crippen molar-refractivity contribution in [3.05, 3.63) is 0 Å². The van der Waals surface area contributed by atoms with Crippen LogP contribution in [0.3, 0.4) is 0 Å². The first kappa shape index (κ1) is 9.44. The van der Waals surface area contributed by atoms with E-state index in [-0.39, 0.29) is 13.2 Å². The fourth-order valence-corrected chi connectivity index (χ4v) is 1.16. The highest BCUT2D eigenvalue weighted by atomic mass is 16.6. The van der Waals surface area contributed by atoms with E-state index in [1.54, 1.807) is 0 Å². The average Bonchev–Trinajstić information content (AvgIpc) is 2.32. The molecule has 0 aromatic rings. The van der Waals surface area contributed by atoms with Crippen molar-refractivity contribution in [3.63, 3.8) is 0 Å². The zero-order valence-corrected chi connectivity index (χ0v) is 6.77. The van der Waals surface area contributed by atoms with Crippen molar-refractivity contribution in [1.29, 1.82) is 0 Å². The van der Waals surface area contributed by atoms with Gasteiger partial charge in [0.2, 0.25) is 0 Å². The summed E-state index contributed by atoms with van der Waals surface area (Å²) in [6.07, 6.45) is -2.15. The van der Waals surface area contributed by atoms with E-state index in [2.05, 4.69) is 0 Å². The van der Waals surface area contributed by atoms with E-state index < -0.39 is 24.3 Å². The van der Waals surface area contributed by atoms with Crippen molar-refractivity contribution in [3.8, 4) is 0 Å². The van der Waals surface area contributed by atoms with Gasteiger partial charge in [-0.15, -0.1) is 0 Å². The summed E-state index contributed by atoms with van der Waals surface area (Å²) in [5.74, 6) is -0.483. The number of hydrogen-bond donors (Lipinski definition) is 2. The van der Waals surface area contributed by atoms with Crippen molar-refractivity contribution in [1.82, 2.24) is 0 Å². The number of aliphatic hydroxyl groups excluding tert-OH is 2. The summed E-state index contributed by atoms with van der Waals surface area (Å²) in [4.78, 5) is 10.5. The van der Waals surface area contributed by atoms with Gasteiger partial charge in [0, 0.05) is 6.92 Å². The van der Waals surface area contributed by atoms with Gasteiger partial charge in [-0.25, -0.2) is 0 Å². The minimum Gasteiger partial charge on any atom is -0.457 e. The molecule has 1 aliphatic rings. The van der Waals surface area contributed by atoms with Gasteiger partial charge in [-0.05, 0) is 0 Å². The molecule has 0 saturated carbocycles. The fourth-order valence-electron chi connectivity index (χ4n) is 1.16. The van der Waals surface area contributed by atoms with E-state index in [0.717, 1.165) is 0 Å². The molecule has 2 N–H and O–H groups in total. The Morgan fingerprint density at radius 3 is 2.92 bits per heavy atom. The van der Waals surface area contributed by atoms with Crippen LogP contribution in [-0.2, 0) is 14.3 Å². The number of carbonyl (C=O) groups excluding carboxylic acids is 1. The second kappa shape index (κ2) is 3.84. The average molecular weight is 176 g/mol. The third-order valence-corrected chi connectivity index (χ3v) is 1.71. The summed E-state index contributed by atoms with van der Waals surface area (Å²) in [6.45, 7) is 1.09. The summed E-state index contributed by atoms with van der Waals surface area (Å²) in [5.41, 5.74) is 0. The molecule has 0 aromatic carbocycles. The van der Waals surface area contributed by atoms with Crippen LogP contribution < -0.4 is 0 Å². The maximum Gasteiger partial charge on any atom is 0.303 e. The maximum absolute atomic E-state index is 10.5. The molecular formula is C7H12O5. The molecule has 0 spiro atoms. The molecule has 5 heteroatoms. The van der Waals surface area contributed by atoms with Gasteiger partial charge in [0.05, 0.1) is 13.2 Å². The van der Waals surface area contributed by atoms with E-state index in [0.29, 0.717) is 0 Å². The van der Waals surface area contributed by atoms with E-state index in [1.807, 2.05) is 0 Å². The zero-order valence-electron chi connectivity index (χ0n) is 6.77. The molecule has 0 aliphatic carbocycles. The summed E-state index contributed by atoms with van der Waals surface area (Å²) in [5, 5.41) is 18.0. The minimum absolute atomic E-state index is 0.100. The van der Waals surface area contributed by atoms with Crippen LogP contribution in [0.15, 0.2) is 0 Å². The normalized spacial score (nSPS) is 35.1. The second-order valence-electron chi connectivity index (χ2n) is 2.70. The molecule has 0 unspecified atom stereocenters. The van der Waals surface area contributed by atoms with Gasteiger partial charge >= 0.3 is 5.97 Å². The van der Waals surface area contributed by atoms with Crippen LogP contribution in [0.2, 0.25) is 0 Å². The molecule has 12 heavy (non-hydrogen) atoms. The molecular weight excluding hydrogens is 164 g/mol. The van der Waals surface area contributed by atoms with E-state index in [1.165, 1.54) is 6.92 Å². The number of rotatable bonds is 2. The fraction of sp³-hybridized carbons (Fsp3) is 0.857. The Bertz CT molecular complexity index is 169. The lowest BCUT2D eigenvalue weighted by molar-refractivity contribution is -0.153. The van der Waals surface area contributed by atoms with Gasteiger partial charge in [0.25, 0.3) is 0 Å². The monoisotopic (exact) mass is 176 g/mol. The quantitative estimate of drug-likeness (QED) is 0.510. The Morgan fingerprint density at radius 2 is 2.42 bits per heavy atom. The number of ether oxygens (including phenoxy) is 2. The van der Waals surface area contributed by atoms with Crippen molar-refractivity contribution in [2.45, 2.75) is 25.2 Å². The van der Waals surface area contributed by atoms with Gasteiger partial charge in [0.15, 0.2) is 6.10 Å². The molecule has 1 heterocycles. The predicted molar refractivity (Wildman–Crippen MR) is 38.4 cm³/mol. The highest BCUT2D eigenvalue weighted by Gasteiger charge is 2.38. The lowest BCUT2D eigenvalue weighted by Gasteiger charge is -2.17. The van der Waals surface area contributed by atoms with Gasteiger partial charge in [-0.3, -0.25) is 4.79 Å². The highest BCUT2D eigenvalue weighted by molar-refractivity contribution is 5.66. The molecule has 0 bridgehead atoms. The van der Waals surface area contributed by atoms with Crippen LogP contribution in [0.25, 0.3) is 0 Å². The standard InChI is InChI=1S/C7H12O5/c1-4(9)12-7-5(10)3-11-6(7)2-8/h5-8,10H,2-3H2,1H3/t5-,6-,7-/m1/s1. The number of carbonyl (C=O) groups is 1. The molecule has 1 fully saturated rings. The van der Waals surface area contributed by atoms with E-state index in [9.17, 15) is 9.90 Å². The number of esters is 1. The zero-order chi connectivity index (χ0) is 9.14. The summed E-state index contributed by atoms with van der Waals surface area (Å²) < 4.78 is 9.70. The van der Waals surface area contributed by atoms with Crippen LogP contribution in [0.5, 0.6) is 0 Å². The van der Waals surface area contributed by atoms with E-state index in [4.69, 9.17) is 14.6 Å². The molecule has 3 atom stereocenters. The SMILES string of the molecule is CC(=O)O[C@@H]1[C@H](O)CO[C@@H]1CO. The summed E-state index contributed by atoms with van der Waals surface area (Å²) in [6, 6.07) is 0. The highest BCUT2D eigenvalue weighted by Crippen LogP contribution is 2.17. The largest absolute Gasteiger partial charge is 0.457 e. The third kappa shape index (κ3) is 1.94. The second-order valence-corrected chi connectivity index (χ2v) is 2.70. The molecule has 1 rings (SSSR count). The van der Waals surface area contributed by atoms with Crippen molar-refractivity contribution < 1.29 is 24.5 Å². The minimum atomic E-state index is -0.828. The van der Waals surface area contributed by atoms with Crippen LogP contribution in [-0.4, -0.2) is 47.7 Å². The number of hydrogen-bond acceptors (Lipinski definition) is 5. The Morgan fingerprint density at radius 1 is 1.75 bits per heavy atom. The van der Waals surface area contributed by atoms with Gasteiger partial charge in [-0.1, -0.05) is 0 Å². The molecule has 0 radical (unpaired) electrons. The Balaban J connectivity index is 2.51. The Labute approximate surface area is 69.9 Å². The first-order chi connectivity index (χ1) is 5.65. The first-order valence-electron chi connectivity index (χ1n) is 3.73. The molecule has 0 aromatic heterocycles. The van der Waals surface area contributed by atoms with Crippen molar-refractivity contribution in [2.24, 2.45) is 0 Å².